The molecule has 144 valence electrons. The third-order valence-electron chi connectivity index (χ3n) is 4.26. The van der Waals surface area contributed by atoms with Crippen LogP contribution in [0.5, 0.6) is 0 Å². The fraction of sp³-hybridized carbons (Fsp3) is 0. The molecule has 0 spiro atoms. The molecule has 3 aromatic rings. The number of rotatable bonds is 4. The summed E-state index contributed by atoms with van der Waals surface area (Å²) in [5.74, 6) is -0.706. The molecule has 1 aliphatic rings. The van der Waals surface area contributed by atoms with Gasteiger partial charge in [-0.05, 0) is 48.5 Å². The molecule has 0 atom stereocenters. The van der Waals surface area contributed by atoms with Crippen LogP contribution in [0, 0.1) is 15.9 Å². The van der Waals surface area contributed by atoms with Crippen molar-refractivity contribution >= 4 is 51.7 Å². The third-order valence-corrected chi connectivity index (χ3v) is 5.56. The van der Waals surface area contributed by atoms with Crippen molar-refractivity contribution in [3.05, 3.63) is 93.4 Å². The zero-order valence-electron chi connectivity index (χ0n) is 14.7. The van der Waals surface area contributed by atoms with Gasteiger partial charge in [0.1, 0.15) is 5.82 Å². The van der Waals surface area contributed by atoms with Gasteiger partial charge >= 0.3 is 0 Å². The summed E-state index contributed by atoms with van der Waals surface area (Å²) in [5.41, 5.74) is 1.74. The predicted molar refractivity (Wildman–Crippen MR) is 114 cm³/mol. The van der Waals surface area contributed by atoms with E-state index in [9.17, 15) is 19.3 Å². The number of nitro benzene ring substituents is 1. The average Bonchev–Trinajstić information content (AvgIpc) is 3.27. The van der Waals surface area contributed by atoms with Gasteiger partial charge in [0.2, 0.25) is 0 Å². The Bertz CT molecular complexity index is 1170. The first kappa shape index (κ1) is 19.0. The lowest BCUT2D eigenvalue weighted by Crippen LogP contribution is -2.27. The van der Waals surface area contributed by atoms with Gasteiger partial charge in [-0.2, -0.15) is 0 Å². The van der Waals surface area contributed by atoms with Crippen LogP contribution in [0.15, 0.2) is 71.8 Å². The van der Waals surface area contributed by atoms with Gasteiger partial charge in [0.15, 0.2) is 4.32 Å². The van der Waals surface area contributed by atoms with Crippen LogP contribution in [0.25, 0.3) is 11.8 Å². The summed E-state index contributed by atoms with van der Waals surface area (Å²) < 4.78 is 15.3. The number of hydrogen-bond donors (Lipinski definition) is 0. The zero-order chi connectivity index (χ0) is 20.5. The minimum Gasteiger partial charge on any atom is -0.317 e. The van der Waals surface area contributed by atoms with E-state index in [1.54, 1.807) is 41.1 Å². The first-order chi connectivity index (χ1) is 13.9. The first-order valence-corrected chi connectivity index (χ1v) is 9.62. The average molecular weight is 425 g/mol. The van der Waals surface area contributed by atoms with Crippen molar-refractivity contribution in [3.63, 3.8) is 0 Å². The van der Waals surface area contributed by atoms with E-state index >= 15 is 0 Å². The highest BCUT2D eigenvalue weighted by atomic mass is 32.2. The van der Waals surface area contributed by atoms with Crippen molar-refractivity contribution in [3.8, 4) is 5.69 Å². The molecule has 1 aromatic heterocycles. The van der Waals surface area contributed by atoms with Crippen molar-refractivity contribution in [2.75, 3.05) is 4.90 Å². The molecule has 6 nitrogen and oxygen atoms in total. The molecule has 0 unspecified atom stereocenters. The smallest absolute Gasteiger partial charge is 0.271 e. The molecular weight excluding hydrogens is 413 g/mol. The summed E-state index contributed by atoms with van der Waals surface area (Å²) in [5, 5.41) is 11.1. The van der Waals surface area contributed by atoms with Crippen molar-refractivity contribution in [2.45, 2.75) is 0 Å². The lowest BCUT2D eigenvalue weighted by Gasteiger charge is -2.14. The van der Waals surface area contributed by atoms with E-state index < -0.39 is 10.7 Å². The Labute approximate surface area is 174 Å². The molecule has 0 N–H and O–H groups in total. The molecule has 0 radical (unpaired) electrons. The lowest BCUT2D eigenvalue weighted by atomic mass is 10.2. The van der Waals surface area contributed by atoms with Crippen LogP contribution in [0.3, 0.4) is 0 Å². The number of benzene rings is 2. The Hall–Kier alpha value is -3.30. The molecule has 1 saturated heterocycles. The van der Waals surface area contributed by atoms with Crippen molar-refractivity contribution in [1.82, 2.24) is 4.57 Å². The molecule has 2 heterocycles. The van der Waals surface area contributed by atoms with Crippen LogP contribution in [0.1, 0.15) is 5.69 Å². The second-order valence-electron chi connectivity index (χ2n) is 6.07. The van der Waals surface area contributed by atoms with Crippen LogP contribution in [0.4, 0.5) is 15.8 Å². The number of thiocarbonyl (C=S) groups is 1. The number of carbonyl (C=O) groups excluding carboxylic acids is 1. The predicted octanol–water partition coefficient (Wildman–Crippen LogP) is 4.93. The van der Waals surface area contributed by atoms with Gasteiger partial charge in [-0.25, -0.2) is 4.39 Å². The fourth-order valence-electron chi connectivity index (χ4n) is 2.92. The summed E-state index contributed by atoms with van der Waals surface area (Å²) in [4.78, 5) is 25.2. The minimum atomic E-state index is -0.458. The van der Waals surface area contributed by atoms with Crippen LogP contribution in [-0.2, 0) is 4.79 Å². The van der Waals surface area contributed by atoms with Gasteiger partial charge in [-0.15, -0.1) is 0 Å². The molecular formula is C20H12FN3O3S2. The molecule has 9 heteroatoms. The number of nitro groups is 1. The van der Waals surface area contributed by atoms with Gasteiger partial charge in [0.25, 0.3) is 11.6 Å². The van der Waals surface area contributed by atoms with Crippen molar-refractivity contribution in [2.24, 2.45) is 0 Å². The van der Waals surface area contributed by atoms with E-state index in [2.05, 4.69) is 0 Å². The van der Waals surface area contributed by atoms with E-state index in [4.69, 9.17) is 12.2 Å². The van der Waals surface area contributed by atoms with Gasteiger partial charge in [0, 0.05) is 24.0 Å². The number of aromatic nitrogens is 1. The summed E-state index contributed by atoms with van der Waals surface area (Å²) in [7, 11) is 0. The van der Waals surface area contributed by atoms with Crippen LogP contribution >= 0.6 is 24.0 Å². The fourth-order valence-corrected chi connectivity index (χ4v) is 4.20. The Morgan fingerprint density at radius 2 is 1.83 bits per heavy atom. The topological polar surface area (TPSA) is 68.4 Å². The lowest BCUT2D eigenvalue weighted by molar-refractivity contribution is -0.384. The van der Waals surface area contributed by atoms with Gasteiger partial charge in [-0.1, -0.05) is 30.0 Å². The maximum absolute atomic E-state index is 13.2. The second kappa shape index (κ2) is 7.61. The number of halogens is 1. The highest BCUT2D eigenvalue weighted by Gasteiger charge is 2.33. The number of anilines is 1. The van der Waals surface area contributed by atoms with Crippen molar-refractivity contribution < 1.29 is 14.1 Å². The number of hydrogen-bond acceptors (Lipinski definition) is 5. The Morgan fingerprint density at radius 3 is 2.55 bits per heavy atom. The van der Waals surface area contributed by atoms with Gasteiger partial charge < -0.3 is 4.57 Å². The quantitative estimate of drug-likeness (QED) is 0.257. The molecule has 0 saturated carbocycles. The number of thioether (sulfide) groups is 1. The maximum Gasteiger partial charge on any atom is 0.271 e. The molecule has 1 amide bonds. The molecule has 0 aliphatic carbocycles. The molecule has 0 bridgehead atoms. The maximum atomic E-state index is 13.2. The summed E-state index contributed by atoms with van der Waals surface area (Å²) in [6, 6.07) is 15.3. The van der Waals surface area contributed by atoms with Gasteiger partial charge in [0.05, 0.1) is 21.2 Å². The molecule has 29 heavy (non-hydrogen) atoms. The standard InChI is InChI=1S/C20H12FN3O3S2/c21-13-6-8-14(9-7-13)23-19(25)18(29-20(23)28)12-16-5-2-10-22(16)15-3-1-4-17(11-15)24(26)27/h1-12H. The normalized spacial score (nSPS) is 15.3. The number of nitrogens with zero attached hydrogens (tertiary/aromatic N) is 3. The number of non-ortho nitro benzene ring substituents is 1. The highest BCUT2D eigenvalue weighted by Crippen LogP contribution is 2.36. The van der Waals surface area contributed by atoms with E-state index in [1.807, 2.05) is 0 Å². The second-order valence-corrected chi connectivity index (χ2v) is 7.75. The van der Waals surface area contributed by atoms with E-state index in [0.717, 1.165) is 11.8 Å². The Morgan fingerprint density at radius 1 is 1.07 bits per heavy atom. The van der Waals surface area contributed by atoms with Crippen LogP contribution < -0.4 is 4.90 Å². The van der Waals surface area contributed by atoms with Crippen molar-refractivity contribution in [1.29, 1.82) is 0 Å². The highest BCUT2D eigenvalue weighted by molar-refractivity contribution is 8.27. The van der Waals surface area contributed by atoms with E-state index in [0.29, 0.717) is 26.3 Å². The molecule has 1 fully saturated rings. The molecule has 4 rings (SSSR count). The minimum absolute atomic E-state index is 0.0233. The summed E-state index contributed by atoms with van der Waals surface area (Å²) >= 11 is 6.47. The Balaban J connectivity index is 1.68. The third kappa shape index (κ3) is 3.69. The zero-order valence-corrected chi connectivity index (χ0v) is 16.3. The molecule has 1 aliphatic heterocycles. The number of amides is 1. The summed E-state index contributed by atoms with van der Waals surface area (Å²) in [6.45, 7) is 0. The summed E-state index contributed by atoms with van der Waals surface area (Å²) in [6.07, 6.45) is 3.44. The Kier molecular flexibility index (Phi) is 4.99. The SMILES string of the molecule is O=C1C(=Cc2cccn2-c2cccc([N+](=O)[O-])c2)SC(=S)N1c1ccc(F)cc1. The van der Waals surface area contributed by atoms with Crippen LogP contribution in [-0.4, -0.2) is 19.7 Å². The number of carbonyl (C=O) groups is 1. The van der Waals surface area contributed by atoms with Gasteiger partial charge in [-0.3, -0.25) is 19.8 Å². The monoisotopic (exact) mass is 425 g/mol. The first-order valence-electron chi connectivity index (χ1n) is 8.40. The van der Waals surface area contributed by atoms with E-state index in [-0.39, 0.29) is 11.6 Å². The van der Waals surface area contributed by atoms with Crippen LogP contribution in [0.2, 0.25) is 0 Å². The molecule has 2 aromatic carbocycles. The van der Waals surface area contributed by atoms with E-state index in [1.165, 1.54) is 41.3 Å². The largest absolute Gasteiger partial charge is 0.317 e.